The predicted octanol–water partition coefficient (Wildman–Crippen LogP) is 4.06. The van der Waals surface area contributed by atoms with Crippen molar-refractivity contribution in [2.24, 2.45) is 0 Å². The van der Waals surface area contributed by atoms with Gasteiger partial charge in [0.1, 0.15) is 5.75 Å². The van der Waals surface area contributed by atoms with Crippen LogP contribution in [-0.4, -0.2) is 17.8 Å². The molecular weight excluding hydrogens is 346 g/mol. The molecule has 114 valence electrons. The summed E-state index contributed by atoms with van der Waals surface area (Å²) in [6, 6.07) is 14.0. The number of carbonyl (C=O) groups is 2. The summed E-state index contributed by atoms with van der Waals surface area (Å²) in [7, 11) is 0. The molecule has 0 saturated heterocycles. The van der Waals surface area contributed by atoms with Gasteiger partial charge in [0, 0.05) is 15.7 Å². The van der Waals surface area contributed by atoms with Crippen molar-refractivity contribution in [1.82, 2.24) is 0 Å². The first-order valence-corrected chi connectivity index (χ1v) is 7.59. The fourth-order valence-electron chi connectivity index (χ4n) is 1.80. The Morgan fingerprint density at radius 2 is 1.64 bits per heavy atom. The molecule has 2 aromatic carbocycles. The van der Waals surface area contributed by atoms with Crippen molar-refractivity contribution >= 4 is 33.3 Å². The third-order valence-electron chi connectivity index (χ3n) is 3.05. The van der Waals surface area contributed by atoms with E-state index in [1.807, 2.05) is 12.1 Å². The number of halogens is 1. The molecule has 5 heteroatoms. The first-order chi connectivity index (χ1) is 10.5. The number of nitrogens with one attached hydrogen (secondary N) is 1. The molecule has 0 aliphatic heterocycles. The molecule has 0 spiro atoms. The number of rotatable bonds is 5. The molecule has 0 heterocycles. The van der Waals surface area contributed by atoms with Gasteiger partial charge in [0.15, 0.2) is 11.9 Å². The van der Waals surface area contributed by atoms with Gasteiger partial charge in [0.05, 0.1) is 0 Å². The van der Waals surface area contributed by atoms with Crippen LogP contribution in [0.15, 0.2) is 53.0 Å². The van der Waals surface area contributed by atoms with Gasteiger partial charge in [-0.3, -0.25) is 9.59 Å². The molecule has 0 aromatic heterocycles. The van der Waals surface area contributed by atoms with Gasteiger partial charge in [-0.25, -0.2) is 0 Å². The Hall–Kier alpha value is -2.14. The molecule has 0 aliphatic rings. The lowest BCUT2D eigenvalue weighted by molar-refractivity contribution is -0.122. The molecule has 2 rings (SSSR count). The second-order valence-corrected chi connectivity index (χ2v) is 5.75. The van der Waals surface area contributed by atoms with Gasteiger partial charge in [-0.2, -0.15) is 0 Å². The number of hydrogen-bond donors (Lipinski definition) is 1. The third kappa shape index (κ3) is 4.43. The summed E-state index contributed by atoms with van der Waals surface area (Å²) in [6.45, 7) is 3.18. The number of amides is 1. The van der Waals surface area contributed by atoms with E-state index in [1.54, 1.807) is 43.3 Å². The highest BCUT2D eigenvalue weighted by Gasteiger charge is 2.15. The Morgan fingerprint density at radius 3 is 2.18 bits per heavy atom. The van der Waals surface area contributed by atoms with Crippen LogP contribution in [0.3, 0.4) is 0 Å². The summed E-state index contributed by atoms with van der Waals surface area (Å²) < 4.78 is 6.53. The minimum atomic E-state index is -0.631. The topological polar surface area (TPSA) is 55.4 Å². The number of ether oxygens (including phenoxy) is 1. The molecule has 4 nitrogen and oxygen atoms in total. The molecule has 1 N–H and O–H groups in total. The number of hydrogen-bond acceptors (Lipinski definition) is 3. The molecule has 1 amide bonds. The lowest BCUT2D eigenvalue weighted by Crippen LogP contribution is -2.30. The third-order valence-corrected chi connectivity index (χ3v) is 3.58. The quantitative estimate of drug-likeness (QED) is 0.817. The SMILES string of the molecule is CC(=O)c1ccc(NC(=O)[C@H](C)Oc2ccc(Br)cc2)cc1. The highest BCUT2D eigenvalue weighted by molar-refractivity contribution is 9.10. The molecule has 0 aliphatic carbocycles. The molecule has 0 saturated carbocycles. The lowest BCUT2D eigenvalue weighted by atomic mass is 10.1. The van der Waals surface area contributed by atoms with Gasteiger partial charge in [-0.1, -0.05) is 15.9 Å². The van der Waals surface area contributed by atoms with Crippen LogP contribution in [0.25, 0.3) is 0 Å². The van der Waals surface area contributed by atoms with Crippen molar-refractivity contribution in [3.63, 3.8) is 0 Å². The van der Waals surface area contributed by atoms with Gasteiger partial charge < -0.3 is 10.1 Å². The van der Waals surface area contributed by atoms with Crippen LogP contribution < -0.4 is 10.1 Å². The molecule has 0 unspecified atom stereocenters. The molecular formula is C17H16BrNO3. The fraction of sp³-hybridized carbons (Fsp3) is 0.176. The summed E-state index contributed by atoms with van der Waals surface area (Å²) >= 11 is 3.34. The maximum Gasteiger partial charge on any atom is 0.265 e. The average Bonchev–Trinajstić information content (AvgIpc) is 2.50. The van der Waals surface area contributed by atoms with E-state index in [1.165, 1.54) is 6.92 Å². The number of anilines is 1. The molecule has 0 bridgehead atoms. The van der Waals surface area contributed by atoms with E-state index >= 15 is 0 Å². The average molecular weight is 362 g/mol. The normalized spacial score (nSPS) is 11.6. The summed E-state index contributed by atoms with van der Waals surface area (Å²) in [5, 5.41) is 2.75. The van der Waals surface area contributed by atoms with E-state index in [4.69, 9.17) is 4.74 Å². The van der Waals surface area contributed by atoms with Crippen molar-refractivity contribution in [3.8, 4) is 5.75 Å². The smallest absolute Gasteiger partial charge is 0.265 e. The van der Waals surface area contributed by atoms with Gasteiger partial charge >= 0.3 is 0 Å². The minimum Gasteiger partial charge on any atom is -0.481 e. The van der Waals surface area contributed by atoms with Crippen LogP contribution in [0, 0.1) is 0 Å². The fourth-order valence-corrected chi connectivity index (χ4v) is 2.07. The first kappa shape index (κ1) is 16.2. The second kappa shape index (κ2) is 7.22. The maximum atomic E-state index is 12.1. The van der Waals surface area contributed by atoms with Crippen LogP contribution in [0.5, 0.6) is 5.75 Å². The van der Waals surface area contributed by atoms with Gasteiger partial charge in [-0.05, 0) is 62.4 Å². The predicted molar refractivity (Wildman–Crippen MR) is 89.3 cm³/mol. The van der Waals surface area contributed by atoms with Crippen LogP contribution in [0.1, 0.15) is 24.2 Å². The van der Waals surface area contributed by atoms with Gasteiger partial charge in [-0.15, -0.1) is 0 Å². The Labute approximate surface area is 137 Å². The van der Waals surface area contributed by atoms with Crippen LogP contribution in [-0.2, 0) is 4.79 Å². The van der Waals surface area contributed by atoms with Crippen molar-refractivity contribution in [2.45, 2.75) is 20.0 Å². The standard InChI is InChI=1S/C17H16BrNO3/c1-11(20)13-3-7-15(8-4-13)19-17(21)12(2)22-16-9-5-14(18)6-10-16/h3-10,12H,1-2H3,(H,19,21)/t12-/m0/s1. The van der Waals surface area contributed by atoms with Crippen molar-refractivity contribution in [2.75, 3.05) is 5.32 Å². The number of benzene rings is 2. The zero-order chi connectivity index (χ0) is 16.1. The molecule has 0 fully saturated rings. The van der Waals surface area contributed by atoms with E-state index in [0.717, 1.165) is 4.47 Å². The lowest BCUT2D eigenvalue weighted by Gasteiger charge is -2.15. The number of ketones is 1. The Balaban J connectivity index is 1.95. The molecule has 1 atom stereocenters. The highest BCUT2D eigenvalue weighted by atomic mass is 79.9. The van der Waals surface area contributed by atoms with Crippen molar-refractivity contribution in [3.05, 3.63) is 58.6 Å². The van der Waals surface area contributed by atoms with Gasteiger partial charge in [0.25, 0.3) is 5.91 Å². The first-order valence-electron chi connectivity index (χ1n) is 6.80. The Kier molecular flexibility index (Phi) is 5.33. The molecule has 0 radical (unpaired) electrons. The largest absolute Gasteiger partial charge is 0.481 e. The zero-order valence-electron chi connectivity index (χ0n) is 12.3. The van der Waals surface area contributed by atoms with E-state index in [0.29, 0.717) is 17.0 Å². The van der Waals surface area contributed by atoms with E-state index in [-0.39, 0.29) is 11.7 Å². The van der Waals surface area contributed by atoms with E-state index in [9.17, 15) is 9.59 Å². The monoisotopic (exact) mass is 361 g/mol. The highest BCUT2D eigenvalue weighted by Crippen LogP contribution is 2.18. The minimum absolute atomic E-state index is 0.00943. The van der Waals surface area contributed by atoms with E-state index < -0.39 is 6.10 Å². The Bertz CT molecular complexity index is 665. The van der Waals surface area contributed by atoms with Gasteiger partial charge in [0.2, 0.25) is 0 Å². The summed E-state index contributed by atoms with van der Waals surface area (Å²) in [5.41, 5.74) is 1.23. The molecule has 22 heavy (non-hydrogen) atoms. The van der Waals surface area contributed by atoms with Crippen molar-refractivity contribution in [1.29, 1.82) is 0 Å². The van der Waals surface area contributed by atoms with E-state index in [2.05, 4.69) is 21.2 Å². The summed E-state index contributed by atoms with van der Waals surface area (Å²) in [6.07, 6.45) is -0.631. The van der Waals surface area contributed by atoms with Crippen molar-refractivity contribution < 1.29 is 14.3 Å². The maximum absolute atomic E-state index is 12.1. The van der Waals surface area contributed by atoms with Crippen LogP contribution in [0.2, 0.25) is 0 Å². The second-order valence-electron chi connectivity index (χ2n) is 4.84. The number of carbonyl (C=O) groups excluding carboxylic acids is 2. The zero-order valence-corrected chi connectivity index (χ0v) is 13.9. The summed E-state index contributed by atoms with van der Waals surface area (Å²) in [4.78, 5) is 23.3. The van der Waals surface area contributed by atoms with Crippen LogP contribution in [0.4, 0.5) is 5.69 Å². The summed E-state index contributed by atoms with van der Waals surface area (Å²) in [5.74, 6) is 0.362. The number of Topliss-reactive ketones (excluding diaryl/α,β-unsaturated/α-hetero) is 1. The Morgan fingerprint density at radius 1 is 1.05 bits per heavy atom. The van der Waals surface area contributed by atoms with Crippen LogP contribution >= 0.6 is 15.9 Å². The molecule has 2 aromatic rings.